The zero-order valence-corrected chi connectivity index (χ0v) is 8.11. The summed E-state index contributed by atoms with van der Waals surface area (Å²) in [5.74, 6) is 0. The molecule has 0 saturated carbocycles. The summed E-state index contributed by atoms with van der Waals surface area (Å²) in [6, 6.07) is 2.08. The Morgan fingerprint density at radius 2 is 2.36 bits per heavy atom. The van der Waals surface area contributed by atoms with E-state index >= 15 is 0 Å². The number of allylic oxidation sites excluding steroid dienone is 1. The topological polar surface area (TPSA) is 64.9 Å². The van der Waals surface area contributed by atoms with Crippen molar-refractivity contribution in [3.05, 3.63) is 35.7 Å². The first kappa shape index (κ1) is 9.21. The molecule has 0 fully saturated rings. The van der Waals surface area contributed by atoms with Crippen LogP contribution in [0, 0.1) is 0 Å². The Morgan fingerprint density at radius 3 is 3.00 bits per heavy atom. The summed E-state index contributed by atoms with van der Waals surface area (Å²) in [4.78, 5) is 4.07. The Bertz CT molecular complexity index is 357. The van der Waals surface area contributed by atoms with E-state index in [-0.39, 0.29) is 6.04 Å². The largest absolute Gasteiger partial charge is 0.398 e. The van der Waals surface area contributed by atoms with Gasteiger partial charge in [-0.2, -0.15) is 0 Å². The quantitative estimate of drug-likeness (QED) is 0.688. The van der Waals surface area contributed by atoms with E-state index in [9.17, 15) is 0 Å². The smallest absolute Gasteiger partial charge is 0.0380 e. The molecule has 3 nitrogen and oxygen atoms in total. The van der Waals surface area contributed by atoms with Gasteiger partial charge in [0.15, 0.2) is 0 Å². The predicted octanol–water partition coefficient (Wildman–Crippen LogP) is 1.25. The van der Waals surface area contributed by atoms with Gasteiger partial charge in [0.2, 0.25) is 0 Å². The van der Waals surface area contributed by atoms with E-state index in [0.29, 0.717) is 0 Å². The average Bonchev–Trinajstić information content (AvgIpc) is 2.56. The molecule has 1 aromatic rings. The zero-order valence-electron chi connectivity index (χ0n) is 8.11. The standard InChI is InChI=1S/C11H15N3/c12-10-2-1-8(6-10)5-9-7-14-4-3-11(9)13/h3-4,6-7,10H,1-2,5,12H2,(H2,13,14). The highest BCUT2D eigenvalue weighted by atomic mass is 14.7. The molecule has 74 valence electrons. The minimum Gasteiger partial charge on any atom is -0.398 e. The first-order chi connectivity index (χ1) is 6.75. The number of pyridine rings is 1. The fraction of sp³-hybridized carbons (Fsp3) is 0.364. The Hall–Kier alpha value is -1.35. The zero-order chi connectivity index (χ0) is 9.97. The van der Waals surface area contributed by atoms with Crippen molar-refractivity contribution in [2.24, 2.45) is 5.73 Å². The van der Waals surface area contributed by atoms with Crippen LogP contribution in [0.5, 0.6) is 0 Å². The van der Waals surface area contributed by atoms with Crippen molar-refractivity contribution >= 4 is 5.69 Å². The van der Waals surface area contributed by atoms with Crippen LogP contribution in [0.4, 0.5) is 5.69 Å². The van der Waals surface area contributed by atoms with Gasteiger partial charge in [-0.15, -0.1) is 0 Å². The second-order valence-corrected chi connectivity index (χ2v) is 3.78. The van der Waals surface area contributed by atoms with Crippen LogP contribution in [0.1, 0.15) is 18.4 Å². The fourth-order valence-corrected chi connectivity index (χ4v) is 1.80. The minimum absolute atomic E-state index is 0.239. The molecule has 0 aliphatic heterocycles. The Morgan fingerprint density at radius 1 is 1.50 bits per heavy atom. The molecule has 1 aliphatic carbocycles. The van der Waals surface area contributed by atoms with Gasteiger partial charge in [0.25, 0.3) is 0 Å². The molecule has 1 unspecified atom stereocenters. The van der Waals surface area contributed by atoms with Gasteiger partial charge in [-0.05, 0) is 30.9 Å². The van der Waals surface area contributed by atoms with E-state index in [4.69, 9.17) is 11.5 Å². The minimum atomic E-state index is 0.239. The number of hydrogen-bond donors (Lipinski definition) is 2. The van der Waals surface area contributed by atoms with Crippen molar-refractivity contribution in [2.45, 2.75) is 25.3 Å². The summed E-state index contributed by atoms with van der Waals surface area (Å²) < 4.78 is 0. The molecule has 0 bridgehead atoms. The average molecular weight is 189 g/mol. The van der Waals surface area contributed by atoms with Crippen LogP contribution < -0.4 is 11.5 Å². The molecule has 0 radical (unpaired) electrons. The van der Waals surface area contributed by atoms with Crippen LogP contribution in [0.3, 0.4) is 0 Å². The summed E-state index contributed by atoms with van der Waals surface area (Å²) in [7, 11) is 0. The van der Waals surface area contributed by atoms with Crippen molar-refractivity contribution in [1.29, 1.82) is 0 Å². The van der Waals surface area contributed by atoms with Crippen LogP contribution >= 0.6 is 0 Å². The van der Waals surface area contributed by atoms with E-state index in [1.165, 1.54) is 5.57 Å². The summed E-state index contributed by atoms with van der Waals surface area (Å²) in [6.07, 6.45) is 8.75. The van der Waals surface area contributed by atoms with Crippen LogP contribution in [-0.4, -0.2) is 11.0 Å². The first-order valence-corrected chi connectivity index (χ1v) is 4.89. The van der Waals surface area contributed by atoms with Crippen LogP contribution in [0.15, 0.2) is 30.1 Å². The third-order valence-electron chi connectivity index (χ3n) is 2.61. The molecule has 4 N–H and O–H groups in total. The second kappa shape index (κ2) is 3.80. The number of nitrogens with two attached hydrogens (primary N) is 2. The molecule has 14 heavy (non-hydrogen) atoms. The van der Waals surface area contributed by atoms with Gasteiger partial charge in [0, 0.05) is 24.1 Å². The molecular formula is C11H15N3. The van der Waals surface area contributed by atoms with Gasteiger partial charge in [-0.1, -0.05) is 11.6 Å². The lowest BCUT2D eigenvalue weighted by Gasteiger charge is -2.04. The van der Waals surface area contributed by atoms with E-state index in [0.717, 1.165) is 30.5 Å². The maximum absolute atomic E-state index is 5.83. The van der Waals surface area contributed by atoms with Crippen LogP contribution in [0.2, 0.25) is 0 Å². The van der Waals surface area contributed by atoms with Crippen LogP contribution in [-0.2, 0) is 6.42 Å². The summed E-state index contributed by atoms with van der Waals surface area (Å²) in [5.41, 5.74) is 14.9. The monoisotopic (exact) mass is 189 g/mol. The maximum Gasteiger partial charge on any atom is 0.0380 e. The lowest BCUT2D eigenvalue weighted by Crippen LogP contribution is -2.11. The Balaban J connectivity index is 2.12. The molecule has 0 amide bonds. The highest BCUT2D eigenvalue weighted by Gasteiger charge is 2.12. The Kier molecular flexibility index (Phi) is 2.50. The third-order valence-corrected chi connectivity index (χ3v) is 2.61. The van der Waals surface area contributed by atoms with Crippen molar-refractivity contribution in [3.63, 3.8) is 0 Å². The fourth-order valence-electron chi connectivity index (χ4n) is 1.80. The number of anilines is 1. The molecule has 1 heterocycles. The molecule has 0 saturated heterocycles. The second-order valence-electron chi connectivity index (χ2n) is 3.78. The number of hydrogen-bond acceptors (Lipinski definition) is 3. The van der Waals surface area contributed by atoms with E-state index in [1.54, 1.807) is 6.20 Å². The number of nitrogens with zero attached hydrogens (tertiary/aromatic N) is 1. The lowest BCUT2D eigenvalue weighted by molar-refractivity contribution is 0.770. The predicted molar refractivity (Wildman–Crippen MR) is 57.6 cm³/mol. The first-order valence-electron chi connectivity index (χ1n) is 4.89. The summed E-state index contributed by atoms with van der Waals surface area (Å²) in [6.45, 7) is 0. The highest BCUT2D eigenvalue weighted by Crippen LogP contribution is 2.23. The normalized spacial score (nSPS) is 20.9. The molecule has 2 rings (SSSR count). The molecule has 0 spiro atoms. The molecule has 1 aliphatic rings. The van der Waals surface area contributed by atoms with Gasteiger partial charge < -0.3 is 11.5 Å². The number of nitrogen functional groups attached to an aromatic ring is 1. The van der Waals surface area contributed by atoms with Gasteiger partial charge in [0.05, 0.1) is 0 Å². The number of aromatic nitrogens is 1. The maximum atomic E-state index is 5.83. The lowest BCUT2D eigenvalue weighted by atomic mass is 10.1. The molecule has 3 heteroatoms. The highest BCUT2D eigenvalue weighted by molar-refractivity contribution is 5.46. The van der Waals surface area contributed by atoms with Crippen molar-refractivity contribution in [3.8, 4) is 0 Å². The van der Waals surface area contributed by atoms with Crippen molar-refractivity contribution < 1.29 is 0 Å². The van der Waals surface area contributed by atoms with E-state index < -0.39 is 0 Å². The summed E-state index contributed by atoms with van der Waals surface area (Å²) >= 11 is 0. The van der Waals surface area contributed by atoms with Gasteiger partial charge in [-0.25, -0.2) is 0 Å². The molecule has 1 aromatic heterocycles. The molecule has 1 atom stereocenters. The Labute approximate surface area is 83.8 Å². The van der Waals surface area contributed by atoms with Crippen molar-refractivity contribution in [1.82, 2.24) is 4.98 Å². The molecule has 0 aromatic carbocycles. The van der Waals surface area contributed by atoms with Gasteiger partial charge in [-0.3, -0.25) is 4.98 Å². The SMILES string of the molecule is Nc1ccncc1CC1=CC(N)CC1. The van der Waals surface area contributed by atoms with E-state index in [1.807, 2.05) is 12.3 Å². The van der Waals surface area contributed by atoms with Crippen LogP contribution in [0.25, 0.3) is 0 Å². The molecular weight excluding hydrogens is 174 g/mol. The van der Waals surface area contributed by atoms with E-state index in [2.05, 4.69) is 11.1 Å². The summed E-state index contributed by atoms with van der Waals surface area (Å²) in [5, 5.41) is 0. The third kappa shape index (κ3) is 1.93. The van der Waals surface area contributed by atoms with Crippen molar-refractivity contribution in [2.75, 3.05) is 5.73 Å². The van der Waals surface area contributed by atoms with Gasteiger partial charge >= 0.3 is 0 Å². The number of rotatable bonds is 2. The van der Waals surface area contributed by atoms with Gasteiger partial charge in [0.1, 0.15) is 0 Å².